The molecule has 0 aliphatic carbocycles. The molecule has 1 aromatic carbocycles. The van der Waals surface area contributed by atoms with Gasteiger partial charge in [0.15, 0.2) is 6.23 Å². The highest BCUT2D eigenvalue weighted by Crippen LogP contribution is 2.62. The van der Waals surface area contributed by atoms with Gasteiger partial charge in [0.25, 0.3) is 0 Å². The van der Waals surface area contributed by atoms with Crippen molar-refractivity contribution in [1.82, 2.24) is 36.1 Å². The minimum atomic E-state index is -5.06. The van der Waals surface area contributed by atoms with Crippen molar-refractivity contribution in [2.45, 2.75) is 193 Å². The number of fused-ring (bicyclic) bond motifs is 10. The Bertz CT molecular complexity index is 3300. The summed E-state index contributed by atoms with van der Waals surface area (Å²) in [5.74, 6) is -5.69. The van der Waals surface area contributed by atoms with Crippen LogP contribution in [0.1, 0.15) is 139 Å². The molecule has 5 saturated heterocycles. The first kappa shape index (κ1) is 69.2. The van der Waals surface area contributed by atoms with Gasteiger partial charge in [-0.1, -0.05) is 34.6 Å². The maximum atomic E-state index is 14.4. The predicted octanol–water partition coefficient (Wildman–Crippen LogP) is 1.11. The van der Waals surface area contributed by atoms with Crippen molar-refractivity contribution in [3.63, 3.8) is 0 Å². The lowest BCUT2D eigenvalue weighted by atomic mass is 9.56. The fourth-order valence-electron chi connectivity index (χ4n) is 16.5. The number of aliphatic hydroxyl groups is 2. The molecule has 8 rings (SSSR count). The first-order valence-corrected chi connectivity index (χ1v) is 32.3. The number of allylic oxidation sites excluding steroid dienone is 3. The van der Waals surface area contributed by atoms with Crippen LogP contribution < -0.4 is 65.7 Å². The number of nitrogens with zero attached hydrogens (tertiary/aromatic N) is 2. The van der Waals surface area contributed by atoms with Crippen LogP contribution in [0.3, 0.4) is 0 Å². The van der Waals surface area contributed by atoms with Gasteiger partial charge in [-0.15, -0.1) is 0 Å². The lowest BCUT2D eigenvalue weighted by molar-refractivity contribution is -0.124. The van der Waals surface area contributed by atoms with E-state index in [9.17, 15) is 53.2 Å². The van der Waals surface area contributed by atoms with Gasteiger partial charge in [0.05, 0.1) is 43.2 Å². The molecule has 6 aliphatic heterocycles. The predicted molar refractivity (Wildman–Crippen MR) is 329 cm³/mol. The van der Waals surface area contributed by atoms with E-state index in [2.05, 4.69) is 51.5 Å². The molecule has 4 unspecified atom stereocenters. The summed E-state index contributed by atoms with van der Waals surface area (Å²) in [4.78, 5) is 109. The zero-order chi connectivity index (χ0) is 66.5. The molecule has 7 heterocycles. The molecule has 7 amide bonds. The SMILES string of the molecule is COc1ccc2c(c1)ncn2[C@H]1O[C@H](CO)[C@@H](OP(=O)(O)O[C@H](C)CNC(=O)CC[C@@]2(C)/C3=C(\C)C4N/C(=C\C5N/C(=C(/C)C6N[C@@](C)([C@H](N3)[C@@H]2CC(N)=O)[C@@](C)(CC(N)=O)[C@@H]6CCC(N)=O)[C@@](C)(CC(N)=O)[C@@H]5CCC(N)=O)C(C)(C)[C@@H]4CCC(N)=O)[C@H]1O. The molecule has 0 spiro atoms. The van der Waals surface area contributed by atoms with E-state index in [1.54, 1.807) is 18.2 Å². The third-order valence-electron chi connectivity index (χ3n) is 21.3. The summed E-state index contributed by atoms with van der Waals surface area (Å²) in [6, 6.07) is 2.46. The summed E-state index contributed by atoms with van der Waals surface area (Å²) in [6.07, 6.45) is -3.36. The summed E-state index contributed by atoms with van der Waals surface area (Å²) in [6.45, 7) is 16.2. The Kier molecular flexibility index (Phi) is 20.1. The highest BCUT2D eigenvalue weighted by Gasteiger charge is 2.68. The maximum Gasteiger partial charge on any atom is 0.472 e. The number of nitrogens with two attached hydrogens (primary N) is 6. The van der Waals surface area contributed by atoms with E-state index in [0.717, 1.165) is 16.8 Å². The largest absolute Gasteiger partial charge is 0.497 e. The molecule has 90 heavy (non-hydrogen) atoms. The molecule has 5 fully saturated rings. The Hall–Kier alpha value is -6.65. The number of benzene rings is 1. The second-order valence-corrected chi connectivity index (χ2v) is 28.7. The van der Waals surface area contributed by atoms with Crippen LogP contribution >= 0.6 is 7.82 Å². The van der Waals surface area contributed by atoms with Crippen molar-refractivity contribution in [2.75, 3.05) is 20.3 Å². The number of ether oxygens (including phenoxy) is 2. The number of nitrogens with one attached hydrogen (secondary N) is 5. The van der Waals surface area contributed by atoms with Gasteiger partial charge in [0.1, 0.15) is 24.1 Å². The second kappa shape index (κ2) is 26.2. The number of carbonyl (C=O) groups excluding carboxylic acids is 7. The Morgan fingerprint density at radius 1 is 0.778 bits per heavy atom. The van der Waals surface area contributed by atoms with Crippen LogP contribution in [-0.2, 0) is 51.9 Å². The molecule has 18 atom stereocenters. The van der Waals surface area contributed by atoms with Crippen LogP contribution in [0.2, 0.25) is 0 Å². The van der Waals surface area contributed by atoms with E-state index in [0.29, 0.717) is 34.6 Å². The number of primary amides is 6. The van der Waals surface area contributed by atoms with E-state index in [1.165, 1.54) is 24.9 Å². The monoisotopic (exact) mass is 1280 g/mol. The van der Waals surface area contributed by atoms with Gasteiger partial charge in [-0.3, -0.25) is 42.6 Å². The Morgan fingerprint density at radius 2 is 1.38 bits per heavy atom. The standard InChI is InChI=1S/C61H94N13O15P/c1-29(88-90(84,85)89-52-40(27-75)87-56(51(52)83)74-28-69-38-21-32(86-10)11-15-39(38)74)26-68-48(82)19-20-58(6)36(22-45(65)79)55-61(9)60(8,25-47(67)81)35(14-18-44(64)78)50(73-61)31(3)54-59(7,24-46(66)80)33(12-16-42(62)76)37(70-54)23-41-57(4,5)34(13-17-43(63)77)49(71-41)30(2)53(58)72-55/h11,15,21,23,28-29,33-37,40,49-52,55-56,70-73,75,83H,12-14,16-20,22,24-27H2,1-10H3,(H2,62,76)(H2,63,77)(H2,64,78)(H2,65,79)(H2,66,80)(H2,67,81)(H,68,82)(H,84,85)/b41-23-,53-30-,54-31-/t29-,33-,34-,35-,36+,37?,40-,49?,50?,51-,52-,55-,56+,58-,59+,60+,61+/m1/s1. The Balaban J connectivity index is 1.17. The highest BCUT2D eigenvalue weighted by molar-refractivity contribution is 7.47. The van der Waals surface area contributed by atoms with E-state index < -0.39 is 156 Å². The van der Waals surface area contributed by atoms with E-state index in [1.807, 2.05) is 41.5 Å². The van der Waals surface area contributed by atoms with Gasteiger partial charge in [-0.05, 0) is 100 Å². The molecule has 29 heteroatoms. The maximum absolute atomic E-state index is 14.4. The van der Waals surface area contributed by atoms with Crippen LogP contribution in [0, 0.1) is 45.3 Å². The van der Waals surface area contributed by atoms with Gasteiger partial charge in [-0.2, -0.15) is 0 Å². The lowest BCUT2D eigenvalue weighted by Gasteiger charge is -2.49. The molecular weight excluding hydrogens is 1190 g/mol. The van der Waals surface area contributed by atoms with E-state index in [4.69, 9.17) is 52.9 Å². The quantitative estimate of drug-likeness (QED) is 0.0557. The molecular formula is C61H94N13O15P. The fraction of sp³-hybridized carbons (Fsp3) is 0.672. The lowest BCUT2D eigenvalue weighted by Crippen LogP contribution is -2.64. The zero-order valence-electron chi connectivity index (χ0n) is 53.1. The first-order valence-electron chi connectivity index (χ1n) is 30.8. The van der Waals surface area contributed by atoms with Crippen molar-refractivity contribution >= 4 is 60.2 Å². The van der Waals surface area contributed by atoms with Crippen molar-refractivity contribution in [1.29, 1.82) is 0 Å². The number of aromatic nitrogens is 2. The van der Waals surface area contributed by atoms with Crippen LogP contribution in [0.5, 0.6) is 5.75 Å². The van der Waals surface area contributed by atoms with Crippen molar-refractivity contribution < 1.29 is 71.8 Å². The summed E-state index contributed by atoms with van der Waals surface area (Å²) in [5, 5.41) is 40.1. The first-order chi connectivity index (χ1) is 42.0. The number of hydrogen-bond acceptors (Lipinski definition) is 19. The molecule has 0 saturated carbocycles. The third kappa shape index (κ3) is 13.2. The minimum absolute atomic E-state index is 0.0205. The van der Waals surface area contributed by atoms with Crippen LogP contribution in [0.15, 0.2) is 58.8 Å². The summed E-state index contributed by atoms with van der Waals surface area (Å²) in [7, 11) is -3.56. The van der Waals surface area contributed by atoms with Crippen molar-refractivity contribution in [3.8, 4) is 5.75 Å². The number of amides is 7. The van der Waals surface area contributed by atoms with Gasteiger partial charge in [0.2, 0.25) is 41.4 Å². The number of imidazole rings is 1. The zero-order valence-corrected chi connectivity index (χ0v) is 54.0. The third-order valence-corrected chi connectivity index (χ3v) is 22.4. The number of phosphoric acid groups is 1. The van der Waals surface area contributed by atoms with Crippen LogP contribution in [0.25, 0.3) is 11.0 Å². The highest BCUT2D eigenvalue weighted by atomic mass is 31.2. The number of carbonyl (C=O) groups is 7. The Morgan fingerprint density at radius 3 is 1.97 bits per heavy atom. The van der Waals surface area contributed by atoms with Crippen LogP contribution in [0.4, 0.5) is 0 Å². The molecule has 1 aromatic heterocycles. The summed E-state index contributed by atoms with van der Waals surface area (Å²) in [5.41, 5.74) is 35.6. The number of aliphatic hydroxyl groups excluding tert-OH is 2. The minimum Gasteiger partial charge on any atom is -0.497 e. The molecule has 28 nitrogen and oxygen atoms in total. The number of hydrogen-bond donors (Lipinski definition) is 14. The average Bonchev–Trinajstić information content (AvgIpc) is 1.53. The smallest absolute Gasteiger partial charge is 0.472 e. The number of rotatable bonds is 27. The van der Waals surface area contributed by atoms with Gasteiger partial charge < -0.3 is 90.1 Å². The van der Waals surface area contributed by atoms with Gasteiger partial charge in [0, 0.05) is 126 Å². The van der Waals surface area contributed by atoms with Crippen molar-refractivity contribution in [3.05, 3.63) is 58.8 Å². The average molecular weight is 1280 g/mol. The van der Waals surface area contributed by atoms with E-state index in [-0.39, 0.29) is 76.7 Å². The fourth-order valence-corrected chi connectivity index (χ4v) is 17.7. The van der Waals surface area contributed by atoms with Gasteiger partial charge in [-0.25, -0.2) is 9.55 Å². The second-order valence-electron chi connectivity index (χ2n) is 27.3. The summed E-state index contributed by atoms with van der Waals surface area (Å²) < 4.78 is 37.4. The topological polar surface area (TPSA) is 468 Å². The van der Waals surface area contributed by atoms with Gasteiger partial charge >= 0.3 is 7.82 Å². The summed E-state index contributed by atoms with van der Waals surface area (Å²) >= 11 is 0. The number of phosphoric ester groups is 1. The molecule has 6 aliphatic rings. The van der Waals surface area contributed by atoms with Crippen molar-refractivity contribution in [2.24, 2.45) is 79.7 Å². The molecule has 8 bridgehead atoms. The molecule has 498 valence electrons. The van der Waals surface area contributed by atoms with E-state index >= 15 is 0 Å². The normalized spacial score (nSPS) is 36.7. The number of methoxy groups -OCH3 is 1. The Labute approximate surface area is 524 Å². The molecule has 2 aromatic rings. The molecule has 0 radical (unpaired) electrons. The van der Waals surface area contributed by atoms with Crippen LogP contribution in [-0.4, -0.2) is 140 Å². The molecule has 20 N–H and O–H groups in total.